The van der Waals surface area contributed by atoms with Gasteiger partial charge in [0.15, 0.2) is 0 Å². The molecule has 0 bridgehead atoms. The minimum Gasteiger partial charge on any atom is -0.357 e. The molecule has 1 fully saturated rings. The molecule has 18 heavy (non-hydrogen) atoms. The maximum atomic E-state index is 11.1. The van der Waals surface area contributed by atoms with Gasteiger partial charge in [-0.1, -0.05) is 6.07 Å². The molecule has 0 saturated carbocycles. The van der Waals surface area contributed by atoms with Gasteiger partial charge in [0.05, 0.1) is 6.04 Å². The Hall–Kier alpha value is -1.58. The normalized spacial score (nSPS) is 19.0. The Morgan fingerprint density at radius 2 is 2.28 bits per heavy atom. The lowest BCUT2D eigenvalue weighted by atomic mass is 10.1. The standard InChI is InChI=1S/C14H21N3O/c1-3-16(4-2)14-12(7-5-9-15-14)13-8-6-10-17(13)11-18/h5,7,9,11,13H,3-4,6,8,10H2,1-2H3/t13-/m0/s1. The number of carbonyl (C=O) groups is 1. The van der Waals surface area contributed by atoms with Gasteiger partial charge in [-0.15, -0.1) is 0 Å². The Balaban J connectivity index is 2.34. The number of hydrogen-bond acceptors (Lipinski definition) is 3. The van der Waals surface area contributed by atoms with Crippen molar-refractivity contribution in [3.05, 3.63) is 23.9 Å². The van der Waals surface area contributed by atoms with E-state index in [-0.39, 0.29) is 6.04 Å². The SMILES string of the molecule is CCN(CC)c1ncccc1[C@@H]1CCCN1C=O. The van der Waals surface area contributed by atoms with Crippen LogP contribution >= 0.6 is 0 Å². The largest absolute Gasteiger partial charge is 0.357 e. The molecule has 1 aliphatic rings. The minimum atomic E-state index is 0.201. The molecule has 2 rings (SSSR count). The van der Waals surface area contributed by atoms with Gasteiger partial charge in [0, 0.05) is 31.4 Å². The number of amides is 1. The van der Waals surface area contributed by atoms with E-state index in [9.17, 15) is 4.79 Å². The number of rotatable bonds is 5. The summed E-state index contributed by atoms with van der Waals surface area (Å²) in [6.45, 7) is 7.01. The molecule has 98 valence electrons. The van der Waals surface area contributed by atoms with Gasteiger partial charge in [0.25, 0.3) is 0 Å². The van der Waals surface area contributed by atoms with E-state index in [1.807, 2.05) is 17.2 Å². The number of hydrogen-bond donors (Lipinski definition) is 0. The molecule has 1 aromatic rings. The predicted molar refractivity (Wildman–Crippen MR) is 72.5 cm³/mol. The molecule has 4 heteroatoms. The van der Waals surface area contributed by atoms with Crippen LogP contribution in [0.25, 0.3) is 0 Å². The molecule has 0 N–H and O–H groups in total. The van der Waals surface area contributed by atoms with Crippen molar-refractivity contribution in [2.75, 3.05) is 24.5 Å². The van der Waals surface area contributed by atoms with Crippen LogP contribution in [-0.4, -0.2) is 35.9 Å². The van der Waals surface area contributed by atoms with E-state index in [0.717, 1.165) is 44.7 Å². The molecule has 4 nitrogen and oxygen atoms in total. The quantitative estimate of drug-likeness (QED) is 0.749. The van der Waals surface area contributed by atoms with Crippen LogP contribution in [0.3, 0.4) is 0 Å². The Morgan fingerprint density at radius 1 is 1.50 bits per heavy atom. The Kier molecular flexibility index (Phi) is 4.18. The van der Waals surface area contributed by atoms with Crippen LogP contribution in [0.4, 0.5) is 5.82 Å². The molecule has 1 aliphatic heterocycles. The second-order valence-corrected chi connectivity index (χ2v) is 4.59. The zero-order valence-electron chi connectivity index (χ0n) is 11.2. The average molecular weight is 247 g/mol. The molecule has 1 aromatic heterocycles. The molecular weight excluding hydrogens is 226 g/mol. The highest BCUT2D eigenvalue weighted by Gasteiger charge is 2.27. The van der Waals surface area contributed by atoms with Gasteiger partial charge < -0.3 is 9.80 Å². The van der Waals surface area contributed by atoms with Crippen molar-refractivity contribution in [3.8, 4) is 0 Å². The van der Waals surface area contributed by atoms with Crippen molar-refractivity contribution in [3.63, 3.8) is 0 Å². The number of pyridine rings is 1. The first-order chi connectivity index (χ1) is 8.81. The van der Waals surface area contributed by atoms with E-state index in [1.54, 1.807) is 0 Å². The summed E-state index contributed by atoms with van der Waals surface area (Å²) in [5, 5.41) is 0. The second kappa shape index (κ2) is 5.85. The first kappa shape index (κ1) is 12.9. The van der Waals surface area contributed by atoms with Gasteiger partial charge in [0.2, 0.25) is 6.41 Å². The van der Waals surface area contributed by atoms with Crippen LogP contribution < -0.4 is 4.90 Å². The minimum absolute atomic E-state index is 0.201. The van der Waals surface area contributed by atoms with Gasteiger partial charge in [-0.3, -0.25) is 4.79 Å². The van der Waals surface area contributed by atoms with E-state index in [0.29, 0.717) is 0 Å². The van der Waals surface area contributed by atoms with Gasteiger partial charge in [0.1, 0.15) is 5.82 Å². The van der Waals surface area contributed by atoms with Crippen LogP contribution in [0, 0.1) is 0 Å². The number of anilines is 1. The van der Waals surface area contributed by atoms with Gasteiger partial charge in [-0.25, -0.2) is 4.98 Å². The van der Waals surface area contributed by atoms with E-state index in [2.05, 4.69) is 29.8 Å². The van der Waals surface area contributed by atoms with Gasteiger partial charge in [-0.05, 0) is 32.8 Å². The zero-order valence-corrected chi connectivity index (χ0v) is 11.2. The van der Waals surface area contributed by atoms with Crippen LogP contribution in [0.2, 0.25) is 0 Å². The Bertz CT molecular complexity index is 404. The van der Waals surface area contributed by atoms with E-state index in [4.69, 9.17) is 0 Å². The van der Waals surface area contributed by atoms with E-state index in [1.165, 1.54) is 5.56 Å². The lowest BCUT2D eigenvalue weighted by molar-refractivity contribution is -0.118. The van der Waals surface area contributed by atoms with Gasteiger partial charge in [-0.2, -0.15) is 0 Å². The molecule has 1 atom stereocenters. The maximum absolute atomic E-state index is 11.1. The van der Waals surface area contributed by atoms with Crippen molar-refractivity contribution in [2.24, 2.45) is 0 Å². The summed E-state index contributed by atoms with van der Waals surface area (Å²) in [6, 6.07) is 4.27. The molecule has 0 unspecified atom stereocenters. The lowest BCUT2D eigenvalue weighted by Gasteiger charge is -2.27. The van der Waals surface area contributed by atoms with Crippen molar-refractivity contribution in [1.29, 1.82) is 0 Å². The average Bonchev–Trinajstić information content (AvgIpc) is 2.89. The Labute approximate surface area is 109 Å². The van der Waals surface area contributed by atoms with E-state index >= 15 is 0 Å². The molecule has 1 saturated heterocycles. The smallest absolute Gasteiger partial charge is 0.210 e. The second-order valence-electron chi connectivity index (χ2n) is 4.59. The van der Waals surface area contributed by atoms with Crippen molar-refractivity contribution in [2.45, 2.75) is 32.7 Å². The summed E-state index contributed by atoms with van der Waals surface area (Å²) in [5.74, 6) is 1.03. The molecule has 2 heterocycles. The third-order valence-corrected chi connectivity index (χ3v) is 3.67. The summed E-state index contributed by atoms with van der Waals surface area (Å²) < 4.78 is 0. The maximum Gasteiger partial charge on any atom is 0.210 e. The summed E-state index contributed by atoms with van der Waals surface area (Å²) in [5.41, 5.74) is 1.19. The fourth-order valence-corrected chi connectivity index (χ4v) is 2.71. The highest BCUT2D eigenvalue weighted by Crippen LogP contribution is 2.35. The molecule has 0 spiro atoms. The number of nitrogens with zero attached hydrogens (tertiary/aromatic N) is 3. The summed E-state index contributed by atoms with van der Waals surface area (Å²) in [7, 11) is 0. The van der Waals surface area contributed by atoms with Crippen LogP contribution in [0.15, 0.2) is 18.3 Å². The van der Waals surface area contributed by atoms with Gasteiger partial charge >= 0.3 is 0 Å². The zero-order chi connectivity index (χ0) is 13.0. The summed E-state index contributed by atoms with van der Waals surface area (Å²) >= 11 is 0. The van der Waals surface area contributed by atoms with Crippen molar-refractivity contribution < 1.29 is 4.79 Å². The molecule has 0 aromatic carbocycles. The molecule has 0 radical (unpaired) electrons. The van der Waals surface area contributed by atoms with E-state index < -0.39 is 0 Å². The highest BCUT2D eigenvalue weighted by atomic mass is 16.1. The Morgan fingerprint density at radius 3 is 2.94 bits per heavy atom. The van der Waals surface area contributed by atoms with Crippen LogP contribution in [0.1, 0.15) is 38.3 Å². The van der Waals surface area contributed by atoms with Crippen LogP contribution in [-0.2, 0) is 4.79 Å². The summed E-state index contributed by atoms with van der Waals surface area (Å²) in [6.07, 6.45) is 4.92. The topological polar surface area (TPSA) is 36.4 Å². The third-order valence-electron chi connectivity index (χ3n) is 3.67. The fourth-order valence-electron chi connectivity index (χ4n) is 2.71. The van der Waals surface area contributed by atoms with Crippen molar-refractivity contribution >= 4 is 12.2 Å². The monoisotopic (exact) mass is 247 g/mol. The predicted octanol–water partition coefficient (Wildman–Crippen LogP) is 2.22. The number of aromatic nitrogens is 1. The van der Waals surface area contributed by atoms with Crippen LogP contribution in [0.5, 0.6) is 0 Å². The number of carbonyl (C=O) groups excluding carboxylic acids is 1. The first-order valence-electron chi connectivity index (χ1n) is 6.72. The highest BCUT2D eigenvalue weighted by molar-refractivity contribution is 5.54. The molecule has 1 amide bonds. The third kappa shape index (κ3) is 2.33. The molecule has 0 aliphatic carbocycles. The molecular formula is C14H21N3O. The lowest BCUT2D eigenvalue weighted by Crippen LogP contribution is -2.28. The summed E-state index contributed by atoms with van der Waals surface area (Å²) in [4.78, 5) is 19.8. The number of likely N-dealkylation sites (tertiary alicyclic amines) is 1. The first-order valence-corrected chi connectivity index (χ1v) is 6.72. The fraction of sp³-hybridized carbons (Fsp3) is 0.571. The van der Waals surface area contributed by atoms with Crippen molar-refractivity contribution in [1.82, 2.24) is 9.88 Å².